The molecule has 0 fully saturated rings. The molecule has 3 aromatic rings. The Kier molecular flexibility index (Phi) is 3.82. The van der Waals surface area contributed by atoms with Crippen molar-refractivity contribution in [1.82, 2.24) is 4.57 Å². The van der Waals surface area contributed by atoms with E-state index in [0.717, 1.165) is 27.7 Å². The predicted octanol–water partition coefficient (Wildman–Crippen LogP) is 4.29. The van der Waals surface area contributed by atoms with Gasteiger partial charge in [-0.05, 0) is 37.3 Å². The summed E-state index contributed by atoms with van der Waals surface area (Å²) in [6.07, 6.45) is 0. The van der Waals surface area contributed by atoms with Crippen LogP contribution < -0.4 is 9.47 Å². The van der Waals surface area contributed by atoms with Gasteiger partial charge in [-0.25, -0.2) is 0 Å². The minimum absolute atomic E-state index is 0.0308. The summed E-state index contributed by atoms with van der Waals surface area (Å²) in [5.74, 6) is 1.36. The lowest BCUT2D eigenvalue weighted by Crippen LogP contribution is -2.07. The number of hydrogen-bond donors (Lipinski definition) is 0. The molecule has 1 aromatic heterocycles. The molecule has 0 bridgehead atoms. The van der Waals surface area contributed by atoms with Crippen LogP contribution in [0.5, 0.6) is 11.5 Å². The maximum Gasteiger partial charge on any atom is 0.228 e. The Bertz CT molecular complexity index is 893. The van der Waals surface area contributed by atoms with Crippen LogP contribution in [0.15, 0.2) is 42.5 Å². The van der Waals surface area contributed by atoms with Crippen molar-refractivity contribution < 1.29 is 14.3 Å². The molecule has 4 heteroatoms. The summed E-state index contributed by atoms with van der Waals surface area (Å²) in [4.78, 5) is 12.2. The Morgan fingerprint density at radius 1 is 1.00 bits per heavy atom. The molecule has 0 radical (unpaired) electrons. The summed E-state index contributed by atoms with van der Waals surface area (Å²) >= 11 is 0. The Labute approximate surface area is 135 Å². The van der Waals surface area contributed by atoms with Crippen molar-refractivity contribution in [3.05, 3.63) is 48.0 Å². The van der Waals surface area contributed by atoms with Crippen molar-refractivity contribution in [3.8, 4) is 22.8 Å². The molecule has 0 saturated heterocycles. The SMILES string of the molecule is COc1ccc(-c2cc3cc(C)ccc3n2C(C)=O)c(OC)c1. The molecule has 23 heavy (non-hydrogen) atoms. The van der Waals surface area contributed by atoms with E-state index in [1.807, 2.05) is 43.3 Å². The fourth-order valence-electron chi connectivity index (χ4n) is 2.88. The van der Waals surface area contributed by atoms with Crippen LogP contribution in [-0.4, -0.2) is 24.7 Å². The molecule has 0 unspecified atom stereocenters. The number of carbonyl (C=O) groups is 1. The first-order valence-corrected chi connectivity index (χ1v) is 7.40. The van der Waals surface area contributed by atoms with Gasteiger partial charge in [0, 0.05) is 23.9 Å². The molecule has 0 aliphatic rings. The molecular formula is C19H19NO3. The lowest BCUT2D eigenvalue weighted by Gasteiger charge is -2.12. The van der Waals surface area contributed by atoms with Crippen LogP contribution in [0.2, 0.25) is 0 Å². The zero-order valence-corrected chi connectivity index (χ0v) is 13.7. The topological polar surface area (TPSA) is 40.5 Å². The van der Waals surface area contributed by atoms with Gasteiger partial charge >= 0.3 is 0 Å². The average molecular weight is 309 g/mol. The van der Waals surface area contributed by atoms with Gasteiger partial charge in [-0.2, -0.15) is 0 Å². The number of ether oxygens (including phenoxy) is 2. The number of methoxy groups -OCH3 is 2. The van der Waals surface area contributed by atoms with Gasteiger partial charge in [-0.15, -0.1) is 0 Å². The van der Waals surface area contributed by atoms with E-state index in [-0.39, 0.29) is 5.91 Å². The maximum absolute atomic E-state index is 12.2. The van der Waals surface area contributed by atoms with Crippen LogP contribution in [0.1, 0.15) is 17.3 Å². The van der Waals surface area contributed by atoms with Gasteiger partial charge in [0.2, 0.25) is 5.91 Å². The van der Waals surface area contributed by atoms with E-state index >= 15 is 0 Å². The van der Waals surface area contributed by atoms with E-state index < -0.39 is 0 Å². The van der Waals surface area contributed by atoms with Crippen LogP contribution in [-0.2, 0) is 0 Å². The summed E-state index contributed by atoms with van der Waals surface area (Å²) in [6, 6.07) is 13.7. The number of benzene rings is 2. The number of carbonyl (C=O) groups excluding carboxylic acids is 1. The monoisotopic (exact) mass is 309 g/mol. The fourth-order valence-corrected chi connectivity index (χ4v) is 2.88. The highest BCUT2D eigenvalue weighted by Gasteiger charge is 2.17. The first-order valence-electron chi connectivity index (χ1n) is 7.40. The van der Waals surface area contributed by atoms with E-state index in [0.29, 0.717) is 11.5 Å². The Balaban J connectivity index is 2.31. The van der Waals surface area contributed by atoms with E-state index in [4.69, 9.17) is 9.47 Å². The molecule has 2 aromatic carbocycles. The highest BCUT2D eigenvalue weighted by Crippen LogP contribution is 2.36. The van der Waals surface area contributed by atoms with Crippen LogP contribution in [0, 0.1) is 6.92 Å². The number of fused-ring (bicyclic) bond motifs is 1. The van der Waals surface area contributed by atoms with E-state index in [2.05, 4.69) is 6.07 Å². The standard InChI is InChI=1S/C19H19NO3/c1-12-5-8-17-14(9-12)10-18(20(17)13(2)21)16-7-6-15(22-3)11-19(16)23-4/h5-11H,1-4H3. The Morgan fingerprint density at radius 3 is 2.43 bits per heavy atom. The highest BCUT2D eigenvalue weighted by atomic mass is 16.5. The number of aryl methyl sites for hydroxylation is 1. The number of hydrogen-bond acceptors (Lipinski definition) is 3. The first kappa shape index (κ1) is 15.2. The van der Waals surface area contributed by atoms with Crippen LogP contribution >= 0.6 is 0 Å². The molecule has 0 N–H and O–H groups in total. The molecule has 0 amide bonds. The van der Waals surface area contributed by atoms with Gasteiger partial charge < -0.3 is 9.47 Å². The Morgan fingerprint density at radius 2 is 1.78 bits per heavy atom. The second-order valence-electron chi connectivity index (χ2n) is 5.51. The number of rotatable bonds is 3. The van der Waals surface area contributed by atoms with Crippen LogP contribution in [0.25, 0.3) is 22.2 Å². The lowest BCUT2D eigenvalue weighted by molar-refractivity contribution is 0.0943. The van der Waals surface area contributed by atoms with Gasteiger partial charge in [0.25, 0.3) is 0 Å². The van der Waals surface area contributed by atoms with Gasteiger partial charge in [0.15, 0.2) is 0 Å². The molecule has 4 nitrogen and oxygen atoms in total. The normalized spacial score (nSPS) is 10.8. The highest BCUT2D eigenvalue weighted by molar-refractivity contribution is 5.98. The average Bonchev–Trinajstić information content (AvgIpc) is 2.92. The second kappa shape index (κ2) is 5.80. The van der Waals surface area contributed by atoms with Crippen molar-refractivity contribution >= 4 is 16.8 Å². The van der Waals surface area contributed by atoms with Crippen molar-refractivity contribution in [2.75, 3.05) is 14.2 Å². The van der Waals surface area contributed by atoms with Crippen LogP contribution in [0.3, 0.4) is 0 Å². The van der Waals surface area contributed by atoms with Gasteiger partial charge in [-0.3, -0.25) is 9.36 Å². The molecule has 1 heterocycles. The Hall–Kier alpha value is -2.75. The molecule has 0 aliphatic heterocycles. The minimum atomic E-state index is -0.0308. The molecule has 3 rings (SSSR count). The minimum Gasteiger partial charge on any atom is -0.497 e. The van der Waals surface area contributed by atoms with E-state index in [1.54, 1.807) is 25.7 Å². The quantitative estimate of drug-likeness (QED) is 0.724. The summed E-state index contributed by atoms with van der Waals surface area (Å²) in [5.41, 5.74) is 3.73. The number of aromatic nitrogens is 1. The van der Waals surface area contributed by atoms with Crippen molar-refractivity contribution in [1.29, 1.82) is 0 Å². The van der Waals surface area contributed by atoms with Crippen LogP contribution in [0.4, 0.5) is 0 Å². The predicted molar refractivity (Wildman–Crippen MR) is 91.5 cm³/mol. The van der Waals surface area contributed by atoms with Crippen molar-refractivity contribution in [3.63, 3.8) is 0 Å². The zero-order valence-electron chi connectivity index (χ0n) is 13.7. The smallest absolute Gasteiger partial charge is 0.228 e. The summed E-state index contributed by atoms with van der Waals surface area (Å²) < 4.78 is 12.5. The lowest BCUT2D eigenvalue weighted by atomic mass is 10.1. The van der Waals surface area contributed by atoms with Gasteiger partial charge in [0.05, 0.1) is 25.4 Å². The third-order valence-corrected chi connectivity index (χ3v) is 3.96. The number of nitrogens with zero attached hydrogens (tertiary/aromatic N) is 1. The van der Waals surface area contributed by atoms with Crippen molar-refractivity contribution in [2.45, 2.75) is 13.8 Å². The zero-order chi connectivity index (χ0) is 16.6. The summed E-state index contributed by atoms with van der Waals surface area (Å²) in [5, 5.41) is 1.04. The molecule has 0 atom stereocenters. The fraction of sp³-hybridized carbons (Fsp3) is 0.211. The third-order valence-electron chi connectivity index (χ3n) is 3.96. The maximum atomic E-state index is 12.2. The van der Waals surface area contributed by atoms with Gasteiger partial charge in [0.1, 0.15) is 11.5 Å². The first-order chi connectivity index (χ1) is 11.0. The molecule has 0 saturated carbocycles. The second-order valence-corrected chi connectivity index (χ2v) is 5.51. The largest absolute Gasteiger partial charge is 0.497 e. The molecule has 0 aliphatic carbocycles. The van der Waals surface area contributed by atoms with Crippen molar-refractivity contribution in [2.24, 2.45) is 0 Å². The molecular weight excluding hydrogens is 290 g/mol. The van der Waals surface area contributed by atoms with E-state index in [1.165, 1.54) is 0 Å². The van der Waals surface area contributed by atoms with E-state index in [9.17, 15) is 4.79 Å². The molecule has 118 valence electrons. The summed E-state index contributed by atoms with van der Waals surface area (Å²) in [7, 11) is 3.23. The molecule has 0 spiro atoms. The van der Waals surface area contributed by atoms with Gasteiger partial charge in [-0.1, -0.05) is 11.6 Å². The summed E-state index contributed by atoms with van der Waals surface area (Å²) in [6.45, 7) is 3.61. The third kappa shape index (κ3) is 2.57.